The van der Waals surface area contributed by atoms with Gasteiger partial charge in [-0.25, -0.2) is 4.98 Å². The molecule has 0 amide bonds. The normalized spacial score (nSPS) is 22.2. The second kappa shape index (κ2) is 5.23. The number of nitrogens with zero attached hydrogens (tertiary/aromatic N) is 1. The highest BCUT2D eigenvalue weighted by Crippen LogP contribution is 2.37. The average molecular weight is 259 g/mol. The third kappa shape index (κ3) is 2.43. The molecular formula is C10H15ClN4S. The third-order valence-corrected chi connectivity index (χ3v) is 4.43. The van der Waals surface area contributed by atoms with Gasteiger partial charge in [-0.2, -0.15) is 11.8 Å². The van der Waals surface area contributed by atoms with Gasteiger partial charge in [0.05, 0.1) is 11.1 Å². The molecule has 88 valence electrons. The number of hydrogen-bond donors (Lipinski definition) is 3. The van der Waals surface area contributed by atoms with Gasteiger partial charge >= 0.3 is 0 Å². The summed E-state index contributed by atoms with van der Waals surface area (Å²) in [5, 5.41) is 1.04. The highest BCUT2D eigenvalue weighted by molar-refractivity contribution is 8.00. The van der Waals surface area contributed by atoms with Gasteiger partial charge in [-0.1, -0.05) is 11.6 Å². The molecule has 16 heavy (non-hydrogen) atoms. The van der Waals surface area contributed by atoms with E-state index in [1.165, 1.54) is 12.2 Å². The Kier molecular flexibility index (Phi) is 3.91. The molecule has 2 atom stereocenters. The Hall–Kier alpha value is -0.490. The van der Waals surface area contributed by atoms with Crippen LogP contribution in [0.1, 0.15) is 24.4 Å². The van der Waals surface area contributed by atoms with Crippen molar-refractivity contribution >= 4 is 29.2 Å². The SMILES string of the molecule is NNC(c1cc(Cl)cnc1N)C1CCCS1. The predicted molar refractivity (Wildman–Crippen MR) is 69.2 cm³/mol. The number of rotatable bonds is 3. The number of pyridine rings is 1. The fourth-order valence-corrected chi connectivity index (χ4v) is 3.53. The van der Waals surface area contributed by atoms with E-state index in [0.29, 0.717) is 16.1 Å². The molecule has 0 saturated carbocycles. The van der Waals surface area contributed by atoms with Crippen molar-refractivity contribution in [3.63, 3.8) is 0 Å². The van der Waals surface area contributed by atoms with Crippen molar-refractivity contribution < 1.29 is 0 Å². The highest BCUT2D eigenvalue weighted by atomic mass is 35.5. The second-order valence-corrected chi connectivity index (χ2v) is 5.61. The molecule has 6 heteroatoms. The number of anilines is 1. The molecule has 4 nitrogen and oxygen atoms in total. The van der Waals surface area contributed by atoms with Crippen molar-refractivity contribution in [2.45, 2.75) is 24.1 Å². The number of thioether (sulfide) groups is 1. The summed E-state index contributed by atoms with van der Waals surface area (Å²) in [5.74, 6) is 7.29. The van der Waals surface area contributed by atoms with Gasteiger partial charge in [0.15, 0.2) is 0 Å². The van der Waals surface area contributed by atoms with E-state index < -0.39 is 0 Å². The number of aromatic nitrogens is 1. The van der Waals surface area contributed by atoms with Crippen LogP contribution < -0.4 is 17.0 Å². The van der Waals surface area contributed by atoms with Crippen LogP contribution in [0.3, 0.4) is 0 Å². The maximum atomic E-state index is 5.93. The molecule has 0 aromatic carbocycles. The van der Waals surface area contributed by atoms with Crippen LogP contribution in [0.4, 0.5) is 5.82 Å². The zero-order valence-electron chi connectivity index (χ0n) is 8.82. The van der Waals surface area contributed by atoms with Crippen LogP contribution in [0, 0.1) is 0 Å². The van der Waals surface area contributed by atoms with Crippen molar-refractivity contribution in [3.05, 3.63) is 22.8 Å². The van der Waals surface area contributed by atoms with Gasteiger partial charge in [0, 0.05) is 17.0 Å². The Morgan fingerprint density at radius 3 is 3.06 bits per heavy atom. The lowest BCUT2D eigenvalue weighted by molar-refractivity contribution is 0.520. The van der Waals surface area contributed by atoms with Crippen molar-refractivity contribution in [3.8, 4) is 0 Å². The van der Waals surface area contributed by atoms with Crippen LogP contribution >= 0.6 is 23.4 Å². The molecule has 1 aliphatic heterocycles. The van der Waals surface area contributed by atoms with Crippen LogP contribution in [-0.2, 0) is 0 Å². The maximum absolute atomic E-state index is 5.93. The second-order valence-electron chi connectivity index (χ2n) is 3.82. The van der Waals surface area contributed by atoms with E-state index in [2.05, 4.69) is 10.4 Å². The fraction of sp³-hybridized carbons (Fsp3) is 0.500. The van der Waals surface area contributed by atoms with Gasteiger partial charge in [0.1, 0.15) is 5.82 Å². The van der Waals surface area contributed by atoms with E-state index in [-0.39, 0.29) is 6.04 Å². The lowest BCUT2D eigenvalue weighted by atomic mass is 10.0. The Bertz CT molecular complexity index is 368. The summed E-state index contributed by atoms with van der Waals surface area (Å²) in [5.41, 5.74) is 9.59. The summed E-state index contributed by atoms with van der Waals surface area (Å²) in [7, 11) is 0. The summed E-state index contributed by atoms with van der Waals surface area (Å²) in [4.78, 5) is 4.06. The Morgan fingerprint density at radius 1 is 1.62 bits per heavy atom. The van der Waals surface area contributed by atoms with Gasteiger partial charge in [-0.3, -0.25) is 11.3 Å². The molecule has 0 radical (unpaired) electrons. The van der Waals surface area contributed by atoms with Crippen LogP contribution in [0.15, 0.2) is 12.3 Å². The van der Waals surface area contributed by atoms with Crippen LogP contribution in [0.5, 0.6) is 0 Å². The molecule has 0 spiro atoms. The maximum Gasteiger partial charge on any atom is 0.128 e. The monoisotopic (exact) mass is 258 g/mol. The smallest absolute Gasteiger partial charge is 0.128 e. The summed E-state index contributed by atoms with van der Waals surface area (Å²) in [6.45, 7) is 0. The first kappa shape index (κ1) is 12.0. The Morgan fingerprint density at radius 2 is 2.44 bits per heavy atom. The molecule has 5 N–H and O–H groups in total. The number of hydrogen-bond acceptors (Lipinski definition) is 5. The zero-order valence-corrected chi connectivity index (χ0v) is 10.4. The highest BCUT2D eigenvalue weighted by Gasteiger charge is 2.27. The molecule has 2 heterocycles. The molecule has 0 bridgehead atoms. The molecule has 1 aliphatic rings. The van der Waals surface area contributed by atoms with Crippen molar-refractivity contribution in [1.29, 1.82) is 0 Å². The van der Waals surface area contributed by atoms with Crippen LogP contribution in [0.2, 0.25) is 5.02 Å². The van der Waals surface area contributed by atoms with E-state index in [1.807, 2.05) is 17.8 Å². The molecule has 1 saturated heterocycles. The first-order chi connectivity index (χ1) is 7.72. The Balaban J connectivity index is 2.28. The molecule has 1 fully saturated rings. The average Bonchev–Trinajstić information content (AvgIpc) is 2.78. The van der Waals surface area contributed by atoms with Crippen LogP contribution in [-0.4, -0.2) is 16.0 Å². The molecule has 1 aromatic heterocycles. The molecule has 2 rings (SSSR count). The standard InChI is InChI=1S/C10H15ClN4S/c11-6-4-7(10(12)14-5-6)9(15-13)8-2-1-3-16-8/h4-5,8-9,15H,1-3,13H2,(H2,12,14). The minimum atomic E-state index is 0.0266. The summed E-state index contributed by atoms with van der Waals surface area (Å²) < 4.78 is 0. The molecule has 0 aliphatic carbocycles. The first-order valence-electron chi connectivity index (χ1n) is 5.21. The summed E-state index contributed by atoms with van der Waals surface area (Å²) in [6, 6.07) is 1.87. The minimum Gasteiger partial charge on any atom is -0.383 e. The van der Waals surface area contributed by atoms with Gasteiger partial charge < -0.3 is 5.73 Å². The first-order valence-corrected chi connectivity index (χ1v) is 6.63. The molecular weight excluding hydrogens is 244 g/mol. The van der Waals surface area contributed by atoms with Crippen molar-refractivity contribution in [1.82, 2.24) is 10.4 Å². The number of hydrazine groups is 1. The minimum absolute atomic E-state index is 0.0266. The molecule has 1 aromatic rings. The number of nitrogens with one attached hydrogen (secondary N) is 1. The summed E-state index contributed by atoms with van der Waals surface area (Å²) >= 11 is 7.85. The van der Waals surface area contributed by atoms with Crippen LogP contribution in [0.25, 0.3) is 0 Å². The largest absolute Gasteiger partial charge is 0.383 e. The number of halogens is 1. The predicted octanol–water partition coefficient (Wildman–Crippen LogP) is 1.72. The van der Waals surface area contributed by atoms with E-state index >= 15 is 0 Å². The zero-order chi connectivity index (χ0) is 11.5. The lowest BCUT2D eigenvalue weighted by Crippen LogP contribution is -2.34. The fourth-order valence-electron chi connectivity index (χ4n) is 1.98. The van der Waals surface area contributed by atoms with E-state index in [9.17, 15) is 0 Å². The number of nitrogen functional groups attached to an aromatic ring is 1. The van der Waals surface area contributed by atoms with E-state index in [1.54, 1.807) is 6.20 Å². The van der Waals surface area contributed by atoms with Gasteiger partial charge in [-0.15, -0.1) is 0 Å². The van der Waals surface area contributed by atoms with Crippen molar-refractivity contribution in [2.75, 3.05) is 11.5 Å². The lowest BCUT2D eigenvalue weighted by Gasteiger charge is -2.23. The van der Waals surface area contributed by atoms with Gasteiger partial charge in [0.2, 0.25) is 0 Å². The van der Waals surface area contributed by atoms with Crippen molar-refractivity contribution in [2.24, 2.45) is 5.84 Å². The quantitative estimate of drug-likeness (QED) is 0.568. The topological polar surface area (TPSA) is 77.0 Å². The van der Waals surface area contributed by atoms with E-state index in [0.717, 1.165) is 12.0 Å². The van der Waals surface area contributed by atoms with Gasteiger partial charge in [0.25, 0.3) is 0 Å². The third-order valence-electron chi connectivity index (χ3n) is 2.77. The number of nitrogens with two attached hydrogens (primary N) is 2. The molecule has 2 unspecified atom stereocenters. The Labute approximate surface area is 104 Å². The summed E-state index contributed by atoms with van der Waals surface area (Å²) in [6.07, 6.45) is 3.92. The van der Waals surface area contributed by atoms with E-state index in [4.69, 9.17) is 23.2 Å². The van der Waals surface area contributed by atoms with Gasteiger partial charge in [-0.05, 0) is 24.7 Å².